The first-order chi connectivity index (χ1) is 20.4. The zero-order valence-electron chi connectivity index (χ0n) is 22.4. The van der Waals surface area contributed by atoms with Crippen molar-refractivity contribution in [2.45, 2.75) is 37.5 Å². The van der Waals surface area contributed by atoms with Crippen LogP contribution in [0.15, 0.2) is 109 Å². The SMILES string of the molecule is O=C(NC(CC1=CCCC=C1)(c1cccc(OC(F)(F)F)c1)c1cccc(OC(F)(F)F)c1)c1ccc2ccccc2n1. The fourth-order valence-corrected chi connectivity index (χ4v) is 5.03. The van der Waals surface area contributed by atoms with Gasteiger partial charge in [-0.05, 0) is 65.9 Å². The molecule has 0 bridgehead atoms. The highest BCUT2D eigenvalue weighted by atomic mass is 19.4. The zero-order valence-corrected chi connectivity index (χ0v) is 22.4. The Morgan fingerprint density at radius 3 is 1.98 bits per heavy atom. The van der Waals surface area contributed by atoms with Gasteiger partial charge in [-0.3, -0.25) is 4.79 Å². The van der Waals surface area contributed by atoms with E-state index in [-0.39, 0.29) is 23.2 Å². The number of hydrogen-bond acceptors (Lipinski definition) is 4. The van der Waals surface area contributed by atoms with Gasteiger partial charge in [0.1, 0.15) is 17.2 Å². The molecule has 1 aromatic heterocycles. The van der Waals surface area contributed by atoms with E-state index in [1.807, 2.05) is 30.4 Å². The summed E-state index contributed by atoms with van der Waals surface area (Å²) in [6, 6.07) is 20.3. The first-order valence-corrected chi connectivity index (χ1v) is 13.2. The molecule has 1 amide bonds. The molecule has 1 aliphatic carbocycles. The van der Waals surface area contributed by atoms with Crippen molar-refractivity contribution in [3.05, 3.63) is 126 Å². The molecule has 0 aliphatic heterocycles. The van der Waals surface area contributed by atoms with Gasteiger partial charge in [0.2, 0.25) is 0 Å². The molecule has 1 aliphatic rings. The predicted molar refractivity (Wildman–Crippen MR) is 147 cm³/mol. The molecule has 0 saturated carbocycles. The minimum absolute atomic E-state index is 0.00151. The molecule has 1 heterocycles. The van der Waals surface area contributed by atoms with Crippen molar-refractivity contribution in [3.8, 4) is 11.5 Å². The van der Waals surface area contributed by atoms with Gasteiger partial charge in [0.15, 0.2) is 0 Å². The van der Waals surface area contributed by atoms with Crippen LogP contribution in [0.25, 0.3) is 10.9 Å². The molecule has 0 unspecified atom stereocenters. The van der Waals surface area contributed by atoms with Crippen LogP contribution in [0.5, 0.6) is 11.5 Å². The lowest BCUT2D eigenvalue weighted by Gasteiger charge is -2.37. The van der Waals surface area contributed by atoms with Gasteiger partial charge in [0, 0.05) is 11.8 Å². The summed E-state index contributed by atoms with van der Waals surface area (Å²) < 4.78 is 87.5. The Hall–Kier alpha value is -4.80. The Bertz CT molecular complexity index is 1640. The Morgan fingerprint density at radius 2 is 1.40 bits per heavy atom. The third kappa shape index (κ3) is 7.35. The molecule has 5 nitrogen and oxygen atoms in total. The van der Waals surface area contributed by atoms with Crippen LogP contribution < -0.4 is 14.8 Å². The van der Waals surface area contributed by atoms with Crippen molar-refractivity contribution in [2.24, 2.45) is 0 Å². The van der Waals surface area contributed by atoms with Crippen LogP contribution >= 0.6 is 0 Å². The van der Waals surface area contributed by atoms with Crippen LogP contribution in [-0.2, 0) is 5.54 Å². The van der Waals surface area contributed by atoms with E-state index in [4.69, 9.17) is 0 Å². The van der Waals surface area contributed by atoms with Crippen molar-refractivity contribution in [3.63, 3.8) is 0 Å². The average Bonchev–Trinajstić information content (AvgIpc) is 2.95. The van der Waals surface area contributed by atoms with Crippen LogP contribution in [-0.4, -0.2) is 23.6 Å². The number of carbonyl (C=O) groups is 1. The average molecular weight is 599 g/mol. The van der Waals surface area contributed by atoms with E-state index in [2.05, 4.69) is 19.8 Å². The summed E-state index contributed by atoms with van der Waals surface area (Å²) in [5.41, 5.74) is -0.183. The fourth-order valence-electron chi connectivity index (χ4n) is 5.03. The van der Waals surface area contributed by atoms with E-state index in [9.17, 15) is 31.1 Å². The van der Waals surface area contributed by atoms with Gasteiger partial charge in [-0.1, -0.05) is 66.8 Å². The fraction of sp³-hybridized carbons (Fsp3) is 0.188. The second-order valence-electron chi connectivity index (χ2n) is 9.84. The van der Waals surface area contributed by atoms with Gasteiger partial charge >= 0.3 is 12.7 Å². The molecule has 4 aromatic rings. The lowest BCUT2D eigenvalue weighted by atomic mass is 9.76. The molecule has 0 radical (unpaired) electrons. The van der Waals surface area contributed by atoms with E-state index in [1.165, 1.54) is 30.3 Å². The smallest absolute Gasteiger partial charge is 0.406 e. The number of hydrogen-bond donors (Lipinski definition) is 1. The number of allylic oxidation sites excluding steroid dienone is 3. The van der Waals surface area contributed by atoms with Crippen LogP contribution in [0.4, 0.5) is 26.3 Å². The Labute approximate surface area is 242 Å². The number of halogens is 6. The lowest BCUT2D eigenvalue weighted by Crippen LogP contribution is -2.47. The molecule has 222 valence electrons. The zero-order chi connectivity index (χ0) is 30.7. The highest BCUT2D eigenvalue weighted by molar-refractivity contribution is 5.95. The molecule has 1 N–H and O–H groups in total. The molecule has 0 spiro atoms. The molecule has 0 atom stereocenters. The minimum Gasteiger partial charge on any atom is -0.406 e. The summed E-state index contributed by atoms with van der Waals surface area (Å²) in [7, 11) is 0. The molecule has 0 fully saturated rings. The lowest BCUT2D eigenvalue weighted by molar-refractivity contribution is -0.275. The number of carbonyl (C=O) groups excluding carboxylic acids is 1. The number of aromatic nitrogens is 1. The molecule has 43 heavy (non-hydrogen) atoms. The Morgan fingerprint density at radius 1 is 0.767 bits per heavy atom. The highest BCUT2D eigenvalue weighted by Crippen LogP contribution is 2.41. The second-order valence-corrected chi connectivity index (χ2v) is 9.84. The highest BCUT2D eigenvalue weighted by Gasteiger charge is 2.40. The number of para-hydroxylation sites is 1. The van der Waals surface area contributed by atoms with E-state index in [0.717, 1.165) is 36.1 Å². The minimum atomic E-state index is -5.01. The van der Waals surface area contributed by atoms with Gasteiger partial charge in [-0.25, -0.2) is 4.98 Å². The molecule has 3 aromatic carbocycles. The number of pyridine rings is 1. The summed E-state index contributed by atoms with van der Waals surface area (Å²) in [4.78, 5) is 18.3. The van der Waals surface area contributed by atoms with Crippen LogP contribution in [0.1, 0.15) is 40.9 Å². The van der Waals surface area contributed by atoms with Gasteiger partial charge < -0.3 is 14.8 Å². The van der Waals surface area contributed by atoms with E-state index >= 15 is 0 Å². The molecule has 0 saturated heterocycles. The third-order valence-electron chi connectivity index (χ3n) is 6.82. The number of nitrogens with zero attached hydrogens (tertiary/aromatic N) is 1. The van der Waals surface area contributed by atoms with Gasteiger partial charge in [0.25, 0.3) is 5.91 Å². The quantitative estimate of drug-likeness (QED) is 0.207. The van der Waals surface area contributed by atoms with E-state index < -0.39 is 35.7 Å². The van der Waals surface area contributed by atoms with E-state index in [0.29, 0.717) is 17.5 Å². The maximum atomic E-state index is 13.9. The summed E-state index contributed by atoms with van der Waals surface area (Å²) in [5.74, 6) is -1.83. The third-order valence-corrected chi connectivity index (χ3v) is 6.82. The van der Waals surface area contributed by atoms with Gasteiger partial charge in [-0.15, -0.1) is 26.3 Å². The van der Waals surface area contributed by atoms with Crippen molar-refractivity contribution in [2.75, 3.05) is 0 Å². The Kier molecular flexibility index (Phi) is 8.16. The molecular formula is C32H24F6N2O3. The normalized spacial score (nSPS) is 13.9. The van der Waals surface area contributed by atoms with Crippen LogP contribution in [0.3, 0.4) is 0 Å². The largest absolute Gasteiger partial charge is 0.573 e. The number of fused-ring (bicyclic) bond motifs is 1. The van der Waals surface area contributed by atoms with Crippen molar-refractivity contribution >= 4 is 16.8 Å². The monoisotopic (exact) mass is 598 g/mol. The number of amides is 1. The van der Waals surface area contributed by atoms with Crippen molar-refractivity contribution < 1.29 is 40.6 Å². The Balaban J connectivity index is 1.69. The second kappa shape index (κ2) is 11.8. The first-order valence-electron chi connectivity index (χ1n) is 13.2. The maximum Gasteiger partial charge on any atom is 0.573 e. The summed E-state index contributed by atoms with van der Waals surface area (Å²) in [6.07, 6.45) is -2.99. The molecule has 11 heteroatoms. The number of benzene rings is 3. The predicted octanol–water partition coefficient (Wildman–Crippen LogP) is 8.37. The number of nitrogens with one attached hydrogen (secondary N) is 1. The van der Waals surface area contributed by atoms with E-state index in [1.54, 1.807) is 18.2 Å². The van der Waals surface area contributed by atoms with Crippen LogP contribution in [0.2, 0.25) is 0 Å². The summed E-state index contributed by atoms with van der Waals surface area (Å²) >= 11 is 0. The van der Waals surface area contributed by atoms with Crippen molar-refractivity contribution in [1.29, 1.82) is 0 Å². The number of alkyl halides is 6. The number of ether oxygens (including phenoxy) is 2. The standard InChI is InChI=1S/C32H24F6N2O3/c33-31(34,35)42-25-13-6-11-23(18-25)30(20-21-8-2-1-3-9-21,24-12-7-14-26(19-24)43-32(36,37)38)40-29(41)28-17-16-22-10-4-5-15-27(22)39-28/h2,4-19H,1,3,20H2,(H,40,41). The topological polar surface area (TPSA) is 60.5 Å². The van der Waals surface area contributed by atoms with Crippen molar-refractivity contribution in [1.82, 2.24) is 10.3 Å². The van der Waals surface area contributed by atoms with Gasteiger partial charge in [0.05, 0.1) is 11.1 Å². The molecular weight excluding hydrogens is 574 g/mol. The number of rotatable bonds is 8. The van der Waals surface area contributed by atoms with Gasteiger partial charge in [-0.2, -0.15) is 0 Å². The summed E-state index contributed by atoms with van der Waals surface area (Å²) in [6.45, 7) is 0. The maximum absolute atomic E-state index is 13.9. The first kappa shape index (κ1) is 29.7. The summed E-state index contributed by atoms with van der Waals surface area (Å²) in [5, 5.41) is 3.70. The molecule has 5 rings (SSSR count). The van der Waals surface area contributed by atoms with Crippen LogP contribution in [0, 0.1) is 0 Å².